The molecule has 150 valence electrons. The summed E-state index contributed by atoms with van der Waals surface area (Å²) >= 11 is 0. The molecule has 0 bridgehead atoms. The summed E-state index contributed by atoms with van der Waals surface area (Å²) in [5, 5.41) is 9.02. The summed E-state index contributed by atoms with van der Waals surface area (Å²) in [4.78, 5) is 23.9. The van der Waals surface area contributed by atoms with Crippen molar-refractivity contribution in [1.29, 1.82) is 0 Å². The van der Waals surface area contributed by atoms with Gasteiger partial charge >= 0.3 is 0 Å². The minimum atomic E-state index is -0.0809. The number of aromatic nitrogens is 6. The van der Waals surface area contributed by atoms with Crippen molar-refractivity contribution in [1.82, 2.24) is 29.5 Å². The Morgan fingerprint density at radius 2 is 1.76 bits per heavy atom. The van der Waals surface area contributed by atoms with Crippen molar-refractivity contribution in [2.75, 3.05) is 18.0 Å². The van der Waals surface area contributed by atoms with Gasteiger partial charge in [0, 0.05) is 48.4 Å². The van der Waals surface area contributed by atoms with E-state index in [2.05, 4.69) is 26.1 Å². The van der Waals surface area contributed by atoms with E-state index in [0.717, 1.165) is 41.8 Å². The van der Waals surface area contributed by atoms with Crippen molar-refractivity contribution in [2.24, 2.45) is 5.92 Å². The van der Waals surface area contributed by atoms with Gasteiger partial charge in [0.15, 0.2) is 5.82 Å². The average Bonchev–Trinajstić information content (AvgIpc) is 3.43. The molecule has 1 aliphatic heterocycles. The highest BCUT2D eigenvalue weighted by Crippen LogP contribution is 2.39. The van der Waals surface area contributed by atoms with Gasteiger partial charge in [-0.15, -0.1) is 5.10 Å². The van der Waals surface area contributed by atoms with Crippen LogP contribution in [0.5, 0.6) is 0 Å². The topological polar surface area (TPSA) is 81.7 Å². The first-order valence-electron chi connectivity index (χ1n) is 10.2. The summed E-state index contributed by atoms with van der Waals surface area (Å²) in [6.07, 6.45) is 2.40. The highest BCUT2D eigenvalue weighted by Gasteiger charge is 2.31. The molecule has 1 saturated carbocycles. The monoisotopic (exact) mass is 391 g/mol. The van der Waals surface area contributed by atoms with Crippen LogP contribution in [0.25, 0.3) is 5.82 Å². The molecule has 2 aliphatic rings. The maximum absolute atomic E-state index is 12.3. The molecule has 5 rings (SSSR count). The predicted molar refractivity (Wildman–Crippen MR) is 110 cm³/mol. The lowest BCUT2D eigenvalue weighted by Crippen LogP contribution is -2.50. The van der Waals surface area contributed by atoms with Gasteiger partial charge in [0.05, 0.1) is 12.2 Å². The van der Waals surface area contributed by atoms with Crippen molar-refractivity contribution in [2.45, 2.75) is 46.1 Å². The molecule has 3 aromatic rings. The number of aryl methyl sites for hydroxylation is 3. The smallest absolute Gasteiger partial charge is 0.266 e. The fraction of sp³-hybridized carbons (Fsp3) is 0.476. The zero-order chi connectivity index (χ0) is 20.1. The Labute approximate surface area is 169 Å². The molecule has 4 heterocycles. The number of hydrogen-bond acceptors (Lipinski definition) is 6. The van der Waals surface area contributed by atoms with Crippen molar-refractivity contribution in [3.8, 4) is 5.82 Å². The minimum absolute atomic E-state index is 0.0809. The van der Waals surface area contributed by atoms with Crippen LogP contribution in [-0.2, 0) is 6.54 Å². The molecule has 3 aromatic heterocycles. The van der Waals surface area contributed by atoms with Crippen molar-refractivity contribution in [3.05, 3.63) is 57.5 Å². The molecule has 0 aromatic carbocycles. The van der Waals surface area contributed by atoms with E-state index in [4.69, 9.17) is 4.98 Å². The van der Waals surface area contributed by atoms with Gasteiger partial charge in [-0.05, 0) is 45.7 Å². The van der Waals surface area contributed by atoms with Gasteiger partial charge in [-0.3, -0.25) is 4.79 Å². The summed E-state index contributed by atoms with van der Waals surface area (Å²) in [5.41, 5.74) is 2.88. The Bertz CT molecular complexity index is 1120. The van der Waals surface area contributed by atoms with Crippen LogP contribution in [0.3, 0.4) is 0 Å². The van der Waals surface area contributed by atoms with Gasteiger partial charge in [0.25, 0.3) is 5.56 Å². The van der Waals surface area contributed by atoms with Gasteiger partial charge < -0.3 is 4.90 Å². The van der Waals surface area contributed by atoms with E-state index in [1.807, 2.05) is 26.8 Å². The zero-order valence-corrected chi connectivity index (χ0v) is 17.0. The Hall–Kier alpha value is -3.03. The molecule has 1 aliphatic carbocycles. The molecule has 8 nitrogen and oxygen atoms in total. The number of anilines is 1. The maximum atomic E-state index is 12.3. The van der Waals surface area contributed by atoms with E-state index in [-0.39, 0.29) is 5.56 Å². The van der Waals surface area contributed by atoms with Gasteiger partial charge in [0.2, 0.25) is 0 Å². The Kier molecular flexibility index (Phi) is 4.22. The van der Waals surface area contributed by atoms with E-state index in [1.165, 1.54) is 12.8 Å². The number of rotatable bonds is 5. The second kappa shape index (κ2) is 6.79. The molecular formula is C21H25N7O. The fourth-order valence-corrected chi connectivity index (χ4v) is 3.92. The van der Waals surface area contributed by atoms with Crippen LogP contribution in [0.15, 0.2) is 29.1 Å². The van der Waals surface area contributed by atoms with Crippen LogP contribution < -0.4 is 10.5 Å². The fourth-order valence-electron chi connectivity index (χ4n) is 3.92. The van der Waals surface area contributed by atoms with Crippen LogP contribution in [-0.4, -0.2) is 42.6 Å². The molecular weight excluding hydrogens is 366 g/mol. The molecule has 8 heteroatoms. The predicted octanol–water partition coefficient (Wildman–Crippen LogP) is 2.16. The highest BCUT2D eigenvalue weighted by molar-refractivity contribution is 5.43. The van der Waals surface area contributed by atoms with Crippen molar-refractivity contribution in [3.63, 3.8) is 0 Å². The second-order valence-corrected chi connectivity index (χ2v) is 8.32. The lowest BCUT2D eigenvalue weighted by atomic mass is 10.0. The summed E-state index contributed by atoms with van der Waals surface area (Å²) in [6.45, 7) is 8.31. The van der Waals surface area contributed by atoms with E-state index >= 15 is 0 Å². The molecule has 0 radical (unpaired) electrons. The SMILES string of the molecule is Cc1cc(N2CC(Cn3nc(-n4nc(C)cc4C)ccc3=O)C2)nc(C2CC2)n1. The standard InChI is InChI=1S/C21H25N7O/c1-13-9-19(23-21(22-13)17-4-5-17)26-10-16(11-26)12-27-20(29)7-6-18(25-27)28-15(3)8-14(2)24-28/h6-9,16-17H,4-5,10-12H2,1-3H3. The Morgan fingerprint density at radius 1 is 0.966 bits per heavy atom. The molecule has 0 spiro atoms. The van der Waals surface area contributed by atoms with Gasteiger partial charge in [0.1, 0.15) is 11.6 Å². The van der Waals surface area contributed by atoms with Crippen molar-refractivity contribution >= 4 is 5.82 Å². The maximum Gasteiger partial charge on any atom is 0.266 e. The summed E-state index contributed by atoms with van der Waals surface area (Å²) in [5.74, 6) is 3.58. The quantitative estimate of drug-likeness (QED) is 0.663. The molecule has 1 saturated heterocycles. The molecule has 0 unspecified atom stereocenters. The first-order valence-corrected chi connectivity index (χ1v) is 10.2. The molecule has 0 atom stereocenters. The lowest BCUT2D eigenvalue weighted by molar-refractivity contribution is 0.331. The highest BCUT2D eigenvalue weighted by atomic mass is 16.1. The normalized spacial score (nSPS) is 16.9. The van der Waals surface area contributed by atoms with Gasteiger partial charge in [-0.25, -0.2) is 19.3 Å². The Balaban J connectivity index is 1.30. The largest absolute Gasteiger partial charge is 0.356 e. The first kappa shape index (κ1) is 18.0. The summed E-state index contributed by atoms with van der Waals surface area (Å²) in [7, 11) is 0. The van der Waals surface area contributed by atoms with Gasteiger partial charge in [-0.2, -0.15) is 5.10 Å². The molecule has 0 amide bonds. The van der Waals surface area contributed by atoms with Gasteiger partial charge in [-0.1, -0.05) is 0 Å². The van der Waals surface area contributed by atoms with E-state index in [0.29, 0.717) is 24.2 Å². The van der Waals surface area contributed by atoms with E-state index in [1.54, 1.807) is 21.5 Å². The summed E-state index contributed by atoms with van der Waals surface area (Å²) in [6, 6.07) is 7.36. The summed E-state index contributed by atoms with van der Waals surface area (Å²) < 4.78 is 3.34. The van der Waals surface area contributed by atoms with Crippen LogP contribution in [0.2, 0.25) is 0 Å². The first-order chi connectivity index (χ1) is 14.0. The third kappa shape index (κ3) is 3.54. The second-order valence-electron chi connectivity index (χ2n) is 8.32. The van der Waals surface area contributed by atoms with Crippen molar-refractivity contribution < 1.29 is 0 Å². The average molecular weight is 391 g/mol. The van der Waals surface area contributed by atoms with Crippen LogP contribution in [0.4, 0.5) is 5.82 Å². The third-order valence-corrected chi connectivity index (χ3v) is 5.59. The van der Waals surface area contributed by atoms with E-state index < -0.39 is 0 Å². The van der Waals surface area contributed by atoms with Crippen LogP contribution in [0, 0.1) is 26.7 Å². The number of nitrogens with zero attached hydrogens (tertiary/aromatic N) is 7. The molecule has 29 heavy (non-hydrogen) atoms. The van der Waals surface area contributed by atoms with Crippen LogP contribution in [0.1, 0.15) is 41.7 Å². The molecule has 2 fully saturated rings. The zero-order valence-electron chi connectivity index (χ0n) is 17.0. The number of hydrogen-bond donors (Lipinski definition) is 0. The Morgan fingerprint density at radius 3 is 2.45 bits per heavy atom. The van der Waals surface area contributed by atoms with E-state index in [9.17, 15) is 4.79 Å². The molecule has 0 N–H and O–H groups in total. The third-order valence-electron chi connectivity index (χ3n) is 5.59. The lowest BCUT2D eigenvalue weighted by Gasteiger charge is -2.40. The minimum Gasteiger partial charge on any atom is -0.356 e. The van der Waals surface area contributed by atoms with Crippen LogP contribution >= 0.6 is 0 Å².